The molecule has 0 aliphatic carbocycles. The summed E-state index contributed by atoms with van der Waals surface area (Å²) in [5.74, 6) is -0.0112. The number of rotatable bonds is 6. The predicted octanol–water partition coefficient (Wildman–Crippen LogP) is 2.91. The van der Waals surface area contributed by atoms with Crippen molar-refractivity contribution in [3.8, 4) is 5.75 Å². The van der Waals surface area contributed by atoms with Gasteiger partial charge in [-0.1, -0.05) is 30.7 Å². The second-order valence-electron chi connectivity index (χ2n) is 5.24. The van der Waals surface area contributed by atoms with Gasteiger partial charge in [-0.25, -0.2) is 0 Å². The average molecular weight is 298 g/mol. The zero-order chi connectivity index (χ0) is 14.6. The summed E-state index contributed by atoms with van der Waals surface area (Å²) in [6, 6.07) is 7.36. The van der Waals surface area contributed by atoms with Crippen LogP contribution in [0.5, 0.6) is 5.75 Å². The molecular formula is C15H20ClNO3. The molecule has 0 aromatic heterocycles. The van der Waals surface area contributed by atoms with Crippen molar-refractivity contribution in [1.29, 1.82) is 0 Å². The third-order valence-corrected chi connectivity index (χ3v) is 4.38. The Morgan fingerprint density at radius 2 is 2.25 bits per heavy atom. The largest absolute Gasteiger partial charge is 0.491 e. The van der Waals surface area contributed by atoms with Crippen molar-refractivity contribution in [2.45, 2.75) is 19.8 Å². The Hall–Kier alpha value is -1.26. The molecule has 20 heavy (non-hydrogen) atoms. The Morgan fingerprint density at radius 1 is 1.50 bits per heavy atom. The van der Waals surface area contributed by atoms with E-state index >= 15 is 0 Å². The van der Waals surface area contributed by atoms with Gasteiger partial charge < -0.3 is 9.84 Å². The summed E-state index contributed by atoms with van der Waals surface area (Å²) >= 11 is 6.01. The van der Waals surface area contributed by atoms with Gasteiger partial charge in [0.2, 0.25) is 0 Å². The van der Waals surface area contributed by atoms with Gasteiger partial charge in [-0.2, -0.15) is 0 Å². The predicted molar refractivity (Wildman–Crippen MR) is 78.4 cm³/mol. The van der Waals surface area contributed by atoms with Crippen LogP contribution in [0.25, 0.3) is 0 Å². The van der Waals surface area contributed by atoms with Crippen LogP contribution in [-0.2, 0) is 4.79 Å². The van der Waals surface area contributed by atoms with Crippen LogP contribution in [0.15, 0.2) is 24.3 Å². The third-order valence-electron chi connectivity index (χ3n) is 4.07. The van der Waals surface area contributed by atoms with Crippen molar-refractivity contribution in [2.75, 3.05) is 26.2 Å². The summed E-state index contributed by atoms with van der Waals surface area (Å²) in [4.78, 5) is 13.5. The van der Waals surface area contributed by atoms with E-state index in [0.29, 0.717) is 36.8 Å². The third kappa shape index (κ3) is 3.25. The number of ether oxygens (including phenoxy) is 1. The second kappa shape index (κ2) is 6.46. The second-order valence-corrected chi connectivity index (χ2v) is 5.65. The van der Waals surface area contributed by atoms with Crippen molar-refractivity contribution >= 4 is 17.6 Å². The number of aliphatic carboxylic acids is 1. The molecule has 2 rings (SSSR count). The topological polar surface area (TPSA) is 49.8 Å². The highest BCUT2D eigenvalue weighted by Gasteiger charge is 2.42. The number of carboxylic acids is 1. The molecule has 0 bridgehead atoms. The first kappa shape index (κ1) is 15.1. The first-order valence-corrected chi connectivity index (χ1v) is 7.28. The van der Waals surface area contributed by atoms with Gasteiger partial charge in [0.25, 0.3) is 0 Å². The Morgan fingerprint density at radius 3 is 2.85 bits per heavy atom. The smallest absolute Gasteiger partial charge is 0.310 e. The van der Waals surface area contributed by atoms with Gasteiger partial charge in [-0.05, 0) is 31.5 Å². The molecule has 1 aliphatic rings. The summed E-state index contributed by atoms with van der Waals surface area (Å²) in [6.07, 6.45) is 1.38. The molecule has 0 amide bonds. The van der Waals surface area contributed by atoms with Crippen LogP contribution in [0.2, 0.25) is 5.02 Å². The number of hydrogen-bond donors (Lipinski definition) is 1. The highest BCUT2D eigenvalue weighted by atomic mass is 35.5. The van der Waals surface area contributed by atoms with Gasteiger partial charge in [-0.15, -0.1) is 0 Å². The van der Waals surface area contributed by atoms with Crippen LogP contribution in [0.3, 0.4) is 0 Å². The zero-order valence-electron chi connectivity index (χ0n) is 11.6. The molecule has 1 unspecified atom stereocenters. The van der Waals surface area contributed by atoms with Gasteiger partial charge >= 0.3 is 5.97 Å². The minimum atomic E-state index is -0.686. The molecule has 1 aliphatic heterocycles. The van der Waals surface area contributed by atoms with Crippen molar-refractivity contribution in [3.63, 3.8) is 0 Å². The monoisotopic (exact) mass is 297 g/mol. The molecule has 0 radical (unpaired) electrons. The van der Waals surface area contributed by atoms with Crippen molar-refractivity contribution < 1.29 is 14.6 Å². The number of carbonyl (C=O) groups is 1. The Bertz CT molecular complexity index is 480. The maximum atomic E-state index is 11.4. The van der Waals surface area contributed by atoms with Crippen LogP contribution < -0.4 is 4.74 Å². The maximum Gasteiger partial charge on any atom is 0.310 e. The molecule has 0 saturated carbocycles. The van der Waals surface area contributed by atoms with Crippen LogP contribution in [0, 0.1) is 5.41 Å². The zero-order valence-corrected chi connectivity index (χ0v) is 12.4. The van der Waals surface area contributed by atoms with Gasteiger partial charge in [0.15, 0.2) is 0 Å². The molecule has 1 aromatic carbocycles. The standard InChI is InChI=1S/C15H20ClNO3/c1-2-15(14(18)19)7-8-17(11-15)9-10-20-13-6-4-3-5-12(13)16/h3-6H,2,7-11H2,1H3,(H,18,19). The maximum absolute atomic E-state index is 11.4. The first-order chi connectivity index (χ1) is 9.57. The molecular weight excluding hydrogens is 278 g/mol. The highest BCUT2D eigenvalue weighted by Crippen LogP contribution is 2.34. The molecule has 4 nitrogen and oxygen atoms in total. The molecule has 5 heteroatoms. The molecule has 1 saturated heterocycles. The number of carboxylic acid groups (broad SMARTS) is 1. The molecule has 1 heterocycles. The van der Waals surface area contributed by atoms with E-state index in [1.165, 1.54) is 0 Å². The minimum absolute atomic E-state index is 0.517. The van der Waals surface area contributed by atoms with E-state index in [0.717, 1.165) is 13.1 Å². The number of likely N-dealkylation sites (tertiary alicyclic amines) is 1. The fourth-order valence-corrected chi connectivity index (χ4v) is 2.80. The lowest BCUT2D eigenvalue weighted by Crippen LogP contribution is -2.35. The van der Waals surface area contributed by atoms with Gasteiger partial charge in [-0.3, -0.25) is 9.69 Å². The van der Waals surface area contributed by atoms with E-state index in [4.69, 9.17) is 16.3 Å². The van der Waals surface area contributed by atoms with E-state index in [1.807, 2.05) is 25.1 Å². The molecule has 0 spiro atoms. The molecule has 1 aromatic rings. The van der Waals surface area contributed by atoms with Crippen molar-refractivity contribution in [3.05, 3.63) is 29.3 Å². The fraction of sp³-hybridized carbons (Fsp3) is 0.533. The fourth-order valence-electron chi connectivity index (χ4n) is 2.61. The lowest BCUT2D eigenvalue weighted by atomic mass is 9.84. The molecule has 110 valence electrons. The Labute approximate surface area is 124 Å². The van der Waals surface area contributed by atoms with E-state index in [2.05, 4.69) is 4.90 Å². The van der Waals surface area contributed by atoms with E-state index in [1.54, 1.807) is 6.07 Å². The van der Waals surface area contributed by atoms with Crippen molar-refractivity contribution in [1.82, 2.24) is 4.90 Å². The Kier molecular flexibility index (Phi) is 4.89. The molecule has 1 N–H and O–H groups in total. The highest BCUT2D eigenvalue weighted by molar-refractivity contribution is 6.32. The number of benzene rings is 1. The van der Waals surface area contributed by atoms with Crippen LogP contribution in [0.4, 0.5) is 0 Å². The summed E-state index contributed by atoms with van der Waals surface area (Å²) < 4.78 is 5.64. The molecule has 1 fully saturated rings. The minimum Gasteiger partial charge on any atom is -0.491 e. The summed E-state index contributed by atoms with van der Waals surface area (Å²) in [5.41, 5.74) is -0.579. The van der Waals surface area contributed by atoms with Gasteiger partial charge in [0.05, 0.1) is 10.4 Å². The normalized spacial score (nSPS) is 22.9. The lowest BCUT2D eigenvalue weighted by Gasteiger charge is -2.23. The SMILES string of the molecule is CCC1(C(=O)O)CCN(CCOc2ccccc2Cl)C1. The average Bonchev–Trinajstić information content (AvgIpc) is 2.86. The van der Waals surface area contributed by atoms with Crippen LogP contribution in [-0.4, -0.2) is 42.2 Å². The number of halogens is 1. The first-order valence-electron chi connectivity index (χ1n) is 6.90. The van der Waals surface area contributed by atoms with E-state index in [9.17, 15) is 9.90 Å². The van der Waals surface area contributed by atoms with Gasteiger partial charge in [0, 0.05) is 13.1 Å². The number of para-hydroxylation sites is 1. The summed E-state index contributed by atoms with van der Waals surface area (Å²) in [5, 5.41) is 9.95. The van der Waals surface area contributed by atoms with Crippen LogP contribution in [0.1, 0.15) is 19.8 Å². The van der Waals surface area contributed by atoms with Crippen molar-refractivity contribution in [2.24, 2.45) is 5.41 Å². The van der Waals surface area contributed by atoms with Gasteiger partial charge in [0.1, 0.15) is 12.4 Å². The van der Waals surface area contributed by atoms with E-state index in [-0.39, 0.29) is 0 Å². The van der Waals surface area contributed by atoms with Crippen LogP contribution >= 0.6 is 11.6 Å². The number of nitrogens with zero attached hydrogens (tertiary/aromatic N) is 1. The Balaban J connectivity index is 1.82. The quantitative estimate of drug-likeness (QED) is 0.877. The summed E-state index contributed by atoms with van der Waals surface area (Å²) in [6.45, 7) is 4.60. The number of hydrogen-bond acceptors (Lipinski definition) is 3. The summed E-state index contributed by atoms with van der Waals surface area (Å²) in [7, 11) is 0. The lowest BCUT2D eigenvalue weighted by molar-refractivity contribution is -0.148. The molecule has 1 atom stereocenters. The van der Waals surface area contributed by atoms with E-state index < -0.39 is 11.4 Å².